The van der Waals surface area contributed by atoms with E-state index in [4.69, 9.17) is 23.7 Å². The Hall–Kier alpha value is -3.58. The third-order valence-corrected chi connectivity index (χ3v) is 7.30. The molecule has 0 spiro atoms. The van der Waals surface area contributed by atoms with Gasteiger partial charge in [0, 0.05) is 0 Å². The van der Waals surface area contributed by atoms with Gasteiger partial charge in [-0.3, -0.25) is 0 Å². The molecule has 1 heterocycles. The van der Waals surface area contributed by atoms with E-state index >= 15 is 0 Å². The molecule has 5 atom stereocenters. The van der Waals surface area contributed by atoms with Crippen LogP contribution in [-0.2, 0) is 50.1 Å². The van der Waals surface area contributed by atoms with E-state index in [2.05, 4.69) is 48.5 Å². The molecule has 4 aromatic carbocycles. The van der Waals surface area contributed by atoms with Crippen molar-refractivity contribution in [1.29, 1.82) is 0 Å². The fraction of sp³-hybridized carbons (Fsp3) is 0.297. The van der Waals surface area contributed by atoms with E-state index in [0.717, 1.165) is 22.3 Å². The maximum Gasteiger partial charge on any atom is 0.116 e. The largest absolute Gasteiger partial charge is 0.374 e. The van der Waals surface area contributed by atoms with Crippen LogP contribution in [0.4, 0.5) is 0 Å². The molecule has 5 rings (SSSR count). The molecule has 1 aliphatic heterocycles. The molecule has 0 N–H and O–H groups in total. The molecule has 218 valence electrons. The van der Waals surface area contributed by atoms with Crippen molar-refractivity contribution in [3.8, 4) is 0 Å². The second-order valence-corrected chi connectivity index (χ2v) is 10.4. The average molecular weight is 565 g/mol. The highest BCUT2D eigenvalue weighted by Gasteiger charge is 2.47. The van der Waals surface area contributed by atoms with Crippen LogP contribution in [0.1, 0.15) is 29.2 Å². The molecule has 42 heavy (non-hydrogen) atoms. The Morgan fingerprint density at radius 2 is 0.929 bits per heavy atom. The molecular formula is C37H40O5. The van der Waals surface area contributed by atoms with Gasteiger partial charge in [-0.1, -0.05) is 133 Å². The van der Waals surface area contributed by atoms with Crippen molar-refractivity contribution in [2.75, 3.05) is 6.61 Å². The standard InChI is InChI=1S/C37H40O5/c1-2-15-33-35(39-25-30-18-9-4-10-19-30)37(41-27-32-22-13-6-14-23-32)36(40-26-31-20-11-5-12-21-31)34(42-33)28-38-24-29-16-7-3-8-17-29/h2-23,33-37H,24-28H2,1H3/b15-2-/t33-,34-,35+,36-,37-/m1/s1. The Labute approximate surface area is 249 Å². The molecular weight excluding hydrogens is 524 g/mol. The van der Waals surface area contributed by atoms with Gasteiger partial charge in [-0.05, 0) is 29.2 Å². The van der Waals surface area contributed by atoms with Gasteiger partial charge in [-0.25, -0.2) is 0 Å². The topological polar surface area (TPSA) is 46.2 Å². The fourth-order valence-corrected chi connectivity index (χ4v) is 5.17. The summed E-state index contributed by atoms with van der Waals surface area (Å²) in [5.74, 6) is 0. The minimum absolute atomic E-state index is 0.332. The number of benzene rings is 4. The first-order valence-corrected chi connectivity index (χ1v) is 14.7. The molecule has 5 nitrogen and oxygen atoms in total. The lowest BCUT2D eigenvalue weighted by atomic mass is 9.93. The number of allylic oxidation sites excluding steroid dienone is 1. The van der Waals surface area contributed by atoms with Crippen LogP contribution in [0.15, 0.2) is 133 Å². The summed E-state index contributed by atoms with van der Waals surface area (Å²) in [4.78, 5) is 0. The lowest BCUT2D eigenvalue weighted by Gasteiger charge is -2.45. The normalized spacial score (nSPS) is 22.4. The Morgan fingerprint density at radius 3 is 1.38 bits per heavy atom. The Balaban J connectivity index is 1.41. The lowest BCUT2D eigenvalue weighted by Crippen LogP contribution is -2.60. The van der Waals surface area contributed by atoms with Gasteiger partial charge in [0.25, 0.3) is 0 Å². The molecule has 0 aliphatic carbocycles. The van der Waals surface area contributed by atoms with Crippen molar-refractivity contribution in [3.05, 3.63) is 156 Å². The van der Waals surface area contributed by atoms with Gasteiger partial charge >= 0.3 is 0 Å². The predicted molar refractivity (Wildman–Crippen MR) is 165 cm³/mol. The highest BCUT2D eigenvalue weighted by atomic mass is 16.6. The van der Waals surface area contributed by atoms with Gasteiger partial charge in [0.05, 0.1) is 33.0 Å². The van der Waals surface area contributed by atoms with Crippen molar-refractivity contribution in [2.24, 2.45) is 0 Å². The quantitative estimate of drug-likeness (QED) is 0.150. The molecule has 0 bridgehead atoms. The number of ether oxygens (including phenoxy) is 5. The van der Waals surface area contributed by atoms with Gasteiger partial charge in [0.2, 0.25) is 0 Å². The van der Waals surface area contributed by atoms with E-state index in [0.29, 0.717) is 33.0 Å². The minimum Gasteiger partial charge on any atom is -0.374 e. The molecule has 1 fully saturated rings. The van der Waals surface area contributed by atoms with Crippen molar-refractivity contribution in [3.63, 3.8) is 0 Å². The van der Waals surface area contributed by atoms with Crippen LogP contribution in [0.5, 0.6) is 0 Å². The molecule has 1 aliphatic rings. The smallest absolute Gasteiger partial charge is 0.116 e. The van der Waals surface area contributed by atoms with Crippen molar-refractivity contribution in [2.45, 2.75) is 63.9 Å². The SMILES string of the molecule is C/C=C\[C@H]1O[C@H](COCc2ccccc2)[C@@H](OCc2ccccc2)[C@H](OCc2ccccc2)[C@H]1OCc1ccccc1. The molecule has 0 saturated carbocycles. The van der Waals surface area contributed by atoms with Gasteiger partial charge in [0.1, 0.15) is 30.5 Å². The molecule has 4 aromatic rings. The summed E-state index contributed by atoms with van der Waals surface area (Å²) in [7, 11) is 0. The zero-order chi connectivity index (χ0) is 28.8. The van der Waals surface area contributed by atoms with Crippen molar-refractivity contribution in [1.82, 2.24) is 0 Å². The van der Waals surface area contributed by atoms with Crippen LogP contribution in [0.25, 0.3) is 0 Å². The Morgan fingerprint density at radius 1 is 0.524 bits per heavy atom. The van der Waals surface area contributed by atoms with Crippen LogP contribution < -0.4 is 0 Å². The maximum absolute atomic E-state index is 6.72. The van der Waals surface area contributed by atoms with Crippen LogP contribution in [0.3, 0.4) is 0 Å². The average Bonchev–Trinajstić information content (AvgIpc) is 3.05. The van der Waals surface area contributed by atoms with Crippen LogP contribution >= 0.6 is 0 Å². The second kappa shape index (κ2) is 16.2. The summed E-state index contributed by atoms with van der Waals surface area (Å²) >= 11 is 0. The molecule has 0 radical (unpaired) electrons. The summed E-state index contributed by atoms with van der Waals surface area (Å²) in [6.45, 7) is 4.14. The predicted octanol–water partition coefficient (Wildman–Crippen LogP) is 7.30. The van der Waals surface area contributed by atoms with Gasteiger partial charge in [-0.2, -0.15) is 0 Å². The van der Waals surface area contributed by atoms with Crippen LogP contribution in [0.2, 0.25) is 0 Å². The van der Waals surface area contributed by atoms with E-state index in [1.165, 1.54) is 0 Å². The number of rotatable bonds is 14. The van der Waals surface area contributed by atoms with E-state index in [9.17, 15) is 0 Å². The van der Waals surface area contributed by atoms with Gasteiger partial charge in [0.15, 0.2) is 0 Å². The van der Waals surface area contributed by atoms with Gasteiger partial charge < -0.3 is 23.7 Å². The van der Waals surface area contributed by atoms with E-state index in [1.54, 1.807) is 0 Å². The first kappa shape index (κ1) is 29.9. The molecule has 1 saturated heterocycles. The van der Waals surface area contributed by atoms with E-state index in [1.807, 2.05) is 91.9 Å². The highest BCUT2D eigenvalue weighted by Crippen LogP contribution is 2.31. The minimum atomic E-state index is -0.424. The lowest BCUT2D eigenvalue weighted by molar-refractivity contribution is -0.263. The van der Waals surface area contributed by atoms with E-state index < -0.39 is 18.3 Å². The molecule has 0 amide bonds. The second-order valence-electron chi connectivity index (χ2n) is 10.4. The molecule has 5 heteroatoms. The zero-order valence-corrected chi connectivity index (χ0v) is 24.2. The van der Waals surface area contributed by atoms with E-state index in [-0.39, 0.29) is 12.2 Å². The number of hydrogen-bond acceptors (Lipinski definition) is 5. The highest BCUT2D eigenvalue weighted by molar-refractivity contribution is 5.17. The van der Waals surface area contributed by atoms with Crippen LogP contribution in [0, 0.1) is 0 Å². The summed E-state index contributed by atoms with van der Waals surface area (Å²) < 4.78 is 32.9. The monoisotopic (exact) mass is 564 g/mol. The Bertz CT molecular complexity index is 1310. The zero-order valence-electron chi connectivity index (χ0n) is 24.2. The maximum atomic E-state index is 6.72. The summed E-state index contributed by atoms with van der Waals surface area (Å²) in [6.07, 6.45) is 2.13. The van der Waals surface area contributed by atoms with Crippen molar-refractivity contribution >= 4 is 0 Å². The summed E-state index contributed by atoms with van der Waals surface area (Å²) in [5.41, 5.74) is 4.38. The molecule has 0 unspecified atom stereocenters. The third kappa shape index (κ3) is 8.71. The Kier molecular flexibility index (Phi) is 11.5. The fourth-order valence-electron chi connectivity index (χ4n) is 5.17. The third-order valence-electron chi connectivity index (χ3n) is 7.30. The number of hydrogen-bond donors (Lipinski definition) is 0. The van der Waals surface area contributed by atoms with Gasteiger partial charge in [-0.15, -0.1) is 0 Å². The summed E-state index contributed by atoms with van der Waals surface area (Å²) in [5, 5.41) is 0. The van der Waals surface area contributed by atoms with Crippen LogP contribution in [-0.4, -0.2) is 37.1 Å². The first-order valence-electron chi connectivity index (χ1n) is 14.7. The summed E-state index contributed by atoms with van der Waals surface area (Å²) in [6, 6.07) is 40.8. The molecule has 0 aromatic heterocycles. The first-order chi connectivity index (χ1) is 20.8. The van der Waals surface area contributed by atoms with Crippen molar-refractivity contribution < 1.29 is 23.7 Å².